The molecule has 0 aliphatic carbocycles. The van der Waals surface area contributed by atoms with Crippen molar-refractivity contribution in [3.63, 3.8) is 0 Å². The first-order chi connectivity index (χ1) is 6.65. The van der Waals surface area contributed by atoms with Gasteiger partial charge in [-0.15, -0.1) is 0 Å². The van der Waals surface area contributed by atoms with Crippen LogP contribution in [0.2, 0.25) is 0 Å². The highest BCUT2D eigenvalue weighted by atomic mass is 16.2. The van der Waals surface area contributed by atoms with Gasteiger partial charge < -0.3 is 15.1 Å². The number of nitrogens with one attached hydrogen (secondary N) is 1. The Bertz CT molecular complexity index is 173. The maximum absolute atomic E-state index is 11.3. The van der Waals surface area contributed by atoms with Crippen LogP contribution in [0.15, 0.2) is 0 Å². The SMILES string of the molecule is CC.CNC(=O)N1CCN(C)CC1C. The minimum atomic E-state index is 0.0376. The molecule has 0 aromatic carbocycles. The predicted octanol–water partition coefficient (Wildman–Crippen LogP) is 0.988. The number of rotatable bonds is 0. The van der Waals surface area contributed by atoms with E-state index in [1.165, 1.54) is 0 Å². The standard InChI is InChI=1S/C8H17N3O.C2H6/c1-7-6-10(3)4-5-11(7)8(12)9-2;1-2/h7H,4-6H2,1-3H3,(H,9,12);1-2H3. The molecule has 84 valence electrons. The lowest BCUT2D eigenvalue weighted by molar-refractivity contribution is 0.118. The largest absolute Gasteiger partial charge is 0.341 e. The van der Waals surface area contributed by atoms with Gasteiger partial charge in [-0.25, -0.2) is 4.79 Å². The third kappa shape index (κ3) is 3.54. The molecule has 0 aromatic rings. The molecule has 1 N–H and O–H groups in total. The van der Waals surface area contributed by atoms with Crippen LogP contribution in [0.1, 0.15) is 20.8 Å². The van der Waals surface area contributed by atoms with Crippen molar-refractivity contribution in [3.8, 4) is 0 Å². The van der Waals surface area contributed by atoms with Crippen LogP contribution >= 0.6 is 0 Å². The smallest absolute Gasteiger partial charge is 0.317 e. The third-order valence-corrected chi connectivity index (χ3v) is 2.31. The second-order valence-electron chi connectivity index (χ2n) is 3.36. The number of hydrogen-bond acceptors (Lipinski definition) is 2. The van der Waals surface area contributed by atoms with Crippen molar-refractivity contribution in [2.45, 2.75) is 26.8 Å². The fraction of sp³-hybridized carbons (Fsp3) is 0.900. The van der Waals surface area contributed by atoms with Crippen molar-refractivity contribution in [3.05, 3.63) is 0 Å². The fourth-order valence-electron chi connectivity index (χ4n) is 1.59. The fourth-order valence-corrected chi connectivity index (χ4v) is 1.59. The number of carbonyl (C=O) groups is 1. The molecule has 1 unspecified atom stereocenters. The summed E-state index contributed by atoms with van der Waals surface area (Å²) in [6.07, 6.45) is 0. The van der Waals surface area contributed by atoms with Crippen LogP contribution in [0.25, 0.3) is 0 Å². The van der Waals surface area contributed by atoms with Crippen LogP contribution in [0.3, 0.4) is 0 Å². The summed E-state index contributed by atoms with van der Waals surface area (Å²) in [6, 6.07) is 0.360. The molecule has 2 amide bonds. The maximum atomic E-state index is 11.3. The molecule has 4 heteroatoms. The summed E-state index contributed by atoms with van der Waals surface area (Å²) in [5, 5.41) is 2.65. The first kappa shape index (κ1) is 13.2. The molecule has 0 spiro atoms. The third-order valence-electron chi connectivity index (χ3n) is 2.31. The molecule has 1 fully saturated rings. The van der Waals surface area contributed by atoms with E-state index in [2.05, 4.69) is 24.2 Å². The van der Waals surface area contributed by atoms with Crippen molar-refractivity contribution in [2.24, 2.45) is 0 Å². The van der Waals surface area contributed by atoms with E-state index in [1.807, 2.05) is 18.7 Å². The first-order valence-electron chi connectivity index (χ1n) is 5.32. The van der Waals surface area contributed by atoms with Crippen molar-refractivity contribution in [1.29, 1.82) is 0 Å². The number of urea groups is 1. The molecule has 1 rings (SSSR count). The molecule has 1 heterocycles. The Labute approximate surface area is 87.3 Å². The molecule has 4 nitrogen and oxygen atoms in total. The Balaban J connectivity index is 0.000000791. The van der Waals surface area contributed by atoms with Gasteiger partial charge in [-0.1, -0.05) is 13.8 Å². The maximum Gasteiger partial charge on any atom is 0.317 e. The lowest BCUT2D eigenvalue weighted by atomic mass is 10.2. The van der Waals surface area contributed by atoms with Gasteiger partial charge in [-0.3, -0.25) is 0 Å². The van der Waals surface area contributed by atoms with Gasteiger partial charge in [0.15, 0.2) is 0 Å². The van der Waals surface area contributed by atoms with Gasteiger partial charge in [0.05, 0.1) is 0 Å². The van der Waals surface area contributed by atoms with E-state index in [4.69, 9.17) is 0 Å². The summed E-state index contributed by atoms with van der Waals surface area (Å²) in [4.78, 5) is 15.4. The van der Waals surface area contributed by atoms with Crippen LogP contribution in [-0.2, 0) is 0 Å². The summed E-state index contributed by atoms with van der Waals surface area (Å²) < 4.78 is 0. The summed E-state index contributed by atoms with van der Waals surface area (Å²) in [5.74, 6) is 0. The first-order valence-corrected chi connectivity index (χ1v) is 5.32. The zero-order valence-electron chi connectivity index (χ0n) is 10.0. The molecular formula is C10H23N3O. The Morgan fingerprint density at radius 1 is 1.36 bits per heavy atom. The molecule has 1 atom stereocenters. The van der Waals surface area contributed by atoms with Crippen LogP contribution < -0.4 is 5.32 Å². The van der Waals surface area contributed by atoms with Crippen molar-refractivity contribution in [2.75, 3.05) is 33.7 Å². The van der Waals surface area contributed by atoms with E-state index in [-0.39, 0.29) is 6.03 Å². The molecule has 0 radical (unpaired) electrons. The number of hydrogen-bond donors (Lipinski definition) is 1. The topological polar surface area (TPSA) is 35.6 Å². The summed E-state index contributed by atoms with van der Waals surface area (Å²) >= 11 is 0. The van der Waals surface area contributed by atoms with Gasteiger partial charge in [0.1, 0.15) is 0 Å². The summed E-state index contributed by atoms with van der Waals surface area (Å²) in [7, 11) is 3.76. The molecule has 0 saturated carbocycles. The van der Waals surface area contributed by atoms with Gasteiger partial charge in [-0.05, 0) is 14.0 Å². The average Bonchev–Trinajstić information content (AvgIpc) is 2.20. The molecule has 14 heavy (non-hydrogen) atoms. The van der Waals surface area contributed by atoms with Gasteiger partial charge in [0.2, 0.25) is 0 Å². The number of nitrogens with zero attached hydrogens (tertiary/aromatic N) is 2. The molecule has 1 aliphatic rings. The van der Waals surface area contributed by atoms with Gasteiger partial charge >= 0.3 is 6.03 Å². The van der Waals surface area contributed by atoms with E-state index in [1.54, 1.807) is 7.05 Å². The van der Waals surface area contributed by atoms with E-state index in [9.17, 15) is 4.79 Å². The minimum absolute atomic E-state index is 0.0376. The quantitative estimate of drug-likeness (QED) is 0.634. The molecule has 0 bridgehead atoms. The highest BCUT2D eigenvalue weighted by molar-refractivity contribution is 5.74. The number of piperazine rings is 1. The Kier molecular flexibility index (Phi) is 6.28. The Morgan fingerprint density at radius 3 is 2.36 bits per heavy atom. The lowest BCUT2D eigenvalue weighted by Gasteiger charge is -2.37. The Morgan fingerprint density at radius 2 is 1.93 bits per heavy atom. The number of likely N-dealkylation sites (N-methyl/N-ethyl adjacent to an activating group) is 1. The molecule has 1 aliphatic heterocycles. The second kappa shape index (κ2) is 6.65. The van der Waals surface area contributed by atoms with E-state index < -0.39 is 0 Å². The predicted molar refractivity (Wildman–Crippen MR) is 59.5 cm³/mol. The monoisotopic (exact) mass is 201 g/mol. The number of amides is 2. The number of carbonyl (C=O) groups excluding carboxylic acids is 1. The van der Waals surface area contributed by atoms with Crippen LogP contribution in [0.4, 0.5) is 4.79 Å². The minimum Gasteiger partial charge on any atom is -0.341 e. The highest BCUT2D eigenvalue weighted by Crippen LogP contribution is 2.07. The zero-order chi connectivity index (χ0) is 11.1. The van der Waals surface area contributed by atoms with Crippen molar-refractivity contribution < 1.29 is 4.79 Å². The van der Waals surface area contributed by atoms with Crippen LogP contribution in [0.5, 0.6) is 0 Å². The van der Waals surface area contributed by atoms with Gasteiger partial charge in [0.25, 0.3) is 0 Å². The van der Waals surface area contributed by atoms with E-state index in [0.717, 1.165) is 19.6 Å². The van der Waals surface area contributed by atoms with Crippen molar-refractivity contribution >= 4 is 6.03 Å². The normalized spacial score (nSPS) is 22.4. The van der Waals surface area contributed by atoms with E-state index in [0.29, 0.717) is 6.04 Å². The van der Waals surface area contributed by atoms with Crippen molar-refractivity contribution in [1.82, 2.24) is 15.1 Å². The summed E-state index contributed by atoms with van der Waals surface area (Å²) in [5.41, 5.74) is 0. The Hall–Kier alpha value is -0.770. The van der Waals surface area contributed by atoms with Gasteiger partial charge in [0, 0.05) is 32.7 Å². The van der Waals surface area contributed by atoms with Crippen LogP contribution in [0, 0.1) is 0 Å². The van der Waals surface area contributed by atoms with Gasteiger partial charge in [-0.2, -0.15) is 0 Å². The summed E-state index contributed by atoms with van der Waals surface area (Å²) in [6.45, 7) is 8.84. The molecular weight excluding hydrogens is 178 g/mol. The average molecular weight is 201 g/mol. The second-order valence-corrected chi connectivity index (χ2v) is 3.36. The molecule has 0 aromatic heterocycles. The highest BCUT2D eigenvalue weighted by Gasteiger charge is 2.24. The zero-order valence-corrected chi connectivity index (χ0v) is 10.0. The van der Waals surface area contributed by atoms with E-state index >= 15 is 0 Å². The lowest BCUT2D eigenvalue weighted by Crippen LogP contribution is -2.54. The van der Waals surface area contributed by atoms with Crippen LogP contribution in [-0.4, -0.2) is 55.6 Å². The molecule has 1 saturated heterocycles.